The highest BCUT2D eigenvalue weighted by molar-refractivity contribution is 9.10. The molecule has 3 nitrogen and oxygen atoms in total. The Labute approximate surface area is 127 Å². The van der Waals surface area contributed by atoms with Crippen LogP contribution >= 0.6 is 15.9 Å². The van der Waals surface area contributed by atoms with Gasteiger partial charge in [-0.05, 0) is 61.7 Å². The molecule has 0 aliphatic rings. The number of hydrogen-bond acceptors (Lipinski definition) is 1. The molecule has 0 fully saturated rings. The Morgan fingerprint density at radius 3 is 2.15 bits per heavy atom. The molecule has 0 unspecified atom stereocenters. The molecular weight excluding hydrogens is 316 g/mol. The lowest BCUT2D eigenvalue weighted by Gasteiger charge is -2.11. The number of aryl methyl sites for hydroxylation is 3. The molecule has 0 aliphatic carbocycles. The average Bonchev–Trinajstić information content (AvgIpc) is 2.35. The first-order valence-corrected chi connectivity index (χ1v) is 7.16. The predicted octanol–water partition coefficient (Wildman–Crippen LogP) is 5.02. The van der Waals surface area contributed by atoms with Crippen LogP contribution in [0.25, 0.3) is 0 Å². The van der Waals surface area contributed by atoms with Gasteiger partial charge in [0.1, 0.15) is 0 Å². The Bertz CT molecular complexity index is 630. The number of carbonyl (C=O) groups excluding carboxylic acids is 1. The van der Waals surface area contributed by atoms with Gasteiger partial charge < -0.3 is 10.6 Å². The van der Waals surface area contributed by atoms with Crippen LogP contribution in [0.4, 0.5) is 16.2 Å². The number of hydrogen-bond donors (Lipinski definition) is 2. The van der Waals surface area contributed by atoms with Gasteiger partial charge in [0.25, 0.3) is 0 Å². The number of nitrogens with one attached hydrogen (secondary N) is 2. The van der Waals surface area contributed by atoms with Crippen LogP contribution in [-0.2, 0) is 0 Å². The summed E-state index contributed by atoms with van der Waals surface area (Å²) in [6.45, 7) is 5.99. The van der Waals surface area contributed by atoms with Crippen molar-refractivity contribution in [1.29, 1.82) is 0 Å². The van der Waals surface area contributed by atoms with E-state index in [2.05, 4.69) is 26.6 Å². The lowest BCUT2D eigenvalue weighted by molar-refractivity contribution is 0.262. The summed E-state index contributed by atoms with van der Waals surface area (Å²) < 4.78 is 1.07. The molecule has 0 bridgehead atoms. The zero-order chi connectivity index (χ0) is 14.7. The number of anilines is 2. The van der Waals surface area contributed by atoms with Crippen molar-refractivity contribution in [1.82, 2.24) is 0 Å². The fourth-order valence-electron chi connectivity index (χ4n) is 2.03. The van der Waals surface area contributed by atoms with Gasteiger partial charge in [-0.1, -0.05) is 28.1 Å². The van der Waals surface area contributed by atoms with Crippen molar-refractivity contribution in [3.63, 3.8) is 0 Å². The second-order valence-corrected chi connectivity index (χ2v) is 5.67. The fourth-order valence-corrected chi connectivity index (χ4v) is 2.26. The average molecular weight is 333 g/mol. The first kappa shape index (κ1) is 14.6. The van der Waals surface area contributed by atoms with E-state index in [1.54, 1.807) is 0 Å². The summed E-state index contributed by atoms with van der Waals surface area (Å²) in [5, 5.41) is 5.67. The molecule has 0 radical (unpaired) electrons. The third kappa shape index (κ3) is 3.61. The second-order valence-electron chi connectivity index (χ2n) is 4.87. The molecule has 20 heavy (non-hydrogen) atoms. The van der Waals surface area contributed by atoms with Crippen LogP contribution in [0.15, 0.2) is 40.9 Å². The molecule has 104 valence electrons. The van der Waals surface area contributed by atoms with Crippen molar-refractivity contribution in [2.45, 2.75) is 20.8 Å². The van der Waals surface area contributed by atoms with Crippen LogP contribution < -0.4 is 10.6 Å². The second kappa shape index (κ2) is 6.09. The maximum absolute atomic E-state index is 12.0. The van der Waals surface area contributed by atoms with Gasteiger partial charge in [0.15, 0.2) is 0 Å². The normalized spacial score (nSPS) is 10.2. The minimum Gasteiger partial charge on any atom is -0.308 e. The highest BCUT2D eigenvalue weighted by Crippen LogP contribution is 2.25. The quantitative estimate of drug-likeness (QED) is 0.796. The molecule has 0 aliphatic heterocycles. The molecule has 2 N–H and O–H groups in total. The number of benzene rings is 2. The van der Waals surface area contributed by atoms with Crippen molar-refractivity contribution in [2.24, 2.45) is 0 Å². The third-order valence-electron chi connectivity index (χ3n) is 2.97. The molecule has 2 amide bonds. The molecule has 0 spiro atoms. The van der Waals surface area contributed by atoms with Crippen molar-refractivity contribution in [3.8, 4) is 0 Å². The van der Waals surface area contributed by atoms with E-state index in [1.807, 2.05) is 57.2 Å². The Morgan fingerprint density at radius 1 is 0.950 bits per heavy atom. The van der Waals surface area contributed by atoms with Gasteiger partial charge in [0, 0.05) is 15.8 Å². The van der Waals surface area contributed by atoms with E-state index >= 15 is 0 Å². The van der Waals surface area contributed by atoms with Gasteiger partial charge in [-0.15, -0.1) is 0 Å². The highest BCUT2D eigenvalue weighted by Gasteiger charge is 2.06. The van der Waals surface area contributed by atoms with Crippen LogP contribution in [0.2, 0.25) is 0 Å². The SMILES string of the molecule is Cc1cccc(NC(=O)Nc2cc(C)c(Br)c(C)c2)c1. The number of amides is 2. The van der Waals surface area contributed by atoms with Gasteiger partial charge in [0.2, 0.25) is 0 Å². The zero-order valence-electron chi connectivity index (χ0n) is 11.8. The lowest BCUT2D eigenvalue weighted by atomic mass is 10.1. The van der Waals surface area contributed by atoms with E-state index in [4.69, 9.17) is 0 Å². The van der Waals surface area contributed by atoms with E-state index < -0.39 is 0 Å². The van der Waals surface area contributed by atoms with Gasteiger partial charge in [-0.2, -0.15) is 0 Å². The van der Waals surface area contributed by atoms with Crippen molar-refractivity contribution >= 4 is 33.3 Å². The predicted molar refractivity (Wildman–Crippen MR) is 87.4 cm³/mol. The van der Waals surface area contributed by atoms with Gasteiger partial charge in [-0.25, -0.2) is 4.79 Å². The Kier molecular flexibility index (Phi) is 4.45. The summed E-state index contributed by atoms with van der Waals surface area (Å²) in [5.74, 6) is 0. The molecule has 2 rings (SSSR count). The van der Waals surface area contributed by atoms with Gasteiger partial charge in [-0.3, -0.25) is 0 Å². The minimum atomic E-state index is -0.239. The van der Waals surface area contributed by atoms with Crippen molar-refractivity contribution in [3.05, 3.63) is 57.6 Å². The van der Waals surface area contributed by atoms with Gasteiger partial charge >= 0.3 is 6.03 Å². The van der Waals surface area contributed by atoms with Gasteiger partial charge in [0.05, 0.1) is 0 Å². The number of urea groups is 1. The van der Waals surface area contributed by atoms with E-state index in [1.165, 1.54) is 0 Å². The third-order valence-corrected chi connectivity index (χ3v) is 4.22. The number of carbonyl (C=O) groups is 1. The standard InChI is InChI=1S/C16H17BrN2O/c1-10-5-4-6-13(7-10)18-16(20)19-14-8-11(2)15(17)12(3)9-14/h4-9H,1-3H3,(H2,18,19,20). The van der Waals surface area contributed by atoms with E-state index in [9.17, 15) is 4.79 Å². The molecule has 2 aromatic carbocycles. The number of rotatable bonds is 2. The summed E-state index contributed by atoms with van der Waals surface area (Å²) in [6.07, 6.45) is 0. The summed E-state index contributed by atoms with van der Waals surface area (Å²) in [5.41, 5.74) is 4.87. The smallest absolute Gasteiger partial charge is 0.308 e. The molecule has 2 aromatic rings. The Morgan fingerprint density at radius 2 is 1.55 bits per heavy atom. The van der Waals surface area contributed by atoms with E-state index in [-0.39, 0.29) is 6.03 Å². The van der Waals surface area contributed by atoms with Crippen LogP contribution in [0.5, 0.6) is 0 Å². The largest absolute Gasteiger partial charge is 0.323 e. The maximum Gasteiger partial charge on any atom is 0.323 e. The minimum absolute atomic E-state index is 0.239. The Balaban J connectivity index is 2.09. The van der Waals surface area contributed by atoms with Crippen LogP contribution in [0.1, 0.15) is 16.7 Å². The first-order chi connectivity index (χ1) is 9.45. The van der Waals surface area contributed by atoms with E-state index in [0.29, 0.717) is 0 Å². The topological polar surface area (TPSA) is 41.1 Å². The summed E-state index contributed by atoms with van der Waals surface area (Å²) in [6, 6.07) is 11.3. The molecule has 0 aromatic heterocycles. The monoisotopic (exact) mass is 332 g/mol. The molecule has 4 heteroatoms. The number of halogens is 1. The molecule has 0 heterocycles. The van der Waals surface area contributed by atoms with E-state index in [0.717, 1.165) is 32.5 Å². The molecule has 0 saturated heterocycles. The highest BCUT2D eigenvalue weighted by atomic mass is 79.9. The Hall–Kier alpha value is -1.81. The zero-order valence-corrected chi connectivity index (χ0v) is 13.3. The summed E-state index contributed by atoms with van der Waals surface area (Å²) >= 11 is 3.51. The van der Waals surface area contributed by atoms with Crippen molar-refractivity contribution < 1.29 is 4.79 Å². The van der Waals surface area contributed by atoms with Crippen LogP contribution in [0.3, 0.4) is 0 Å². The molecule has 0 saturated carbocycles. The first-order valence-electron chi connectivity index (χ1n) is 6.37. The molecule has 0 atom stereocenters. The van der Waals surface area contributed by atoms with Crippen molar-refractivity contribution in [2.75, 3.05) is 10.6 Å². The fraction of sp³-hybridized carbons (Fsp3) is 0.188. The summed E-state index contributed by atoms with van der Waals surface area (Å²) in [7, 11) is 0. The van der Waals surface area contributed by atoms with Crippen LogP contribution in [-0.4, -0.2) is 6.03 Å². The van der Waals surface area contributed by atoms with Crippen LogP contribution in [0, 0.1) is 20.8 Å². The summed E-state index contributed by atoms with van der Waals surface area (Å²) in [4.78, 5) is 12.0. The maximum atomic E-state index is 12.0. The lowest BCUT2D eigenvalue weighted by Crippen LogP contribution is -2.19. The molecular formula is C16H17BrN2O.